The molecule has 1 aliphatic rings. The van der Waals surface area contributed by atoms with Crippen LogP contribution in [-0.2, 0) is 14.3 Å². The first-order valence-corrected chi connectivity index (χ1v) is 5.66. The Balaban J connectivity index is 2.67. The Morgan fingerprint density at radius 2 is 1.94 bits per heavy atom. The van der Waals surface area contributed by atoms with Crippen LogP contribution in [0.3, 0.4) is 0 Å². The Bertz CT molecular complexity index is 303. The second-order valence-corrected chi connectivity index (χ2v) is 5.21. The molecule has 1 amide bonds. The number of carboxylic acid groups (broad SMARTS) is 1. The molecule has 98 valence electrons. The van der Waals surface area contributed by atoms with Crippen LogP contribution < -0.4 is 11.1 Å². The summed E-state index contributed by atoms with van der Waals surface area (Å²) in [7, 11) is 0. The third-order valence-corrected chi connectivity index (χ3v) is 2.75. The number of nitrogens with one attached hydrogen (secondary N) is 1. The van der Waals surface area contributed by atoms with Crippen LogP contribution in [0.4, 0.5) is 0 Å². The maximum absolute atomic E-state index is 11.7. The molecular formula is C11H20N2O4. The van der Waals surface area contributed by atoms with Crippen LogP contribution >= 0.6 is 0 Å². The summed E-state index contributed by atoms with van der Waals surface area (Å²) in [4.78, 5) is 23.0. The lowest BCUT2D eigenvalue weighted by Crippen LogP contribution is -2.58. The molecule has 1 fully saturated rings. The second kappa shape index (κ2) is 5.01. The minimum absolute atomic E-state index is 0.100. The molecule has 1 heterocycles. The largest absolute Gasteiger partial charge is 0.480 e. The Hall–Kier alpha value is -1.14. The van der Waals surface area contributed by atoms with Gasteiger partial charge in [-0.15, -0.1) is 0 Å². The van der Waals surface area contributed by atoms with Crippen molar-refractivity contribution in [3.8, 4) is 0 Å². The highest BCUT2D eigenvalue weighted by Crippen LogP contribution is 2.21. The summed E-state index contributed by atoms with van der Waals surface area (Å²) in [5.74, 6) is -1.34. The predicted molar refractivity (Wildman–Crippen MR) is 61.4 cm³/mol. The van der Waals surface area contributed by atoms with Gasteiger partial charge in [0, 0.05) is 38.0 Å². The van der Waals surface area contributed by atoms with E-state index >= 15 is 0 Å². The third kappa shape index (κ3) is 3.98. The molecule has 17 heavy (non-hydrogen) atoms. The summed E-state index contributed by atoms with van der Waals surface area (Å²) in [6.07, 6.45) is 0.682. The number of rotatable bonds is 4. The average molecular weight is 244 g/mol. The third-order valence-electron chi connectivity index (χ3n) is 2.75. The van der Waals surface area contributed by atoms with Crippen molar-refractivity contribution in [3.05, 3.63) is 0 Å². The number of aliphatic carboxylic acids is 1. The van der Waals surface area contributed by atoms with Gasteiger partial charge < -0.3 is 20.9 Å². The molecule has 0 aliphatic carbocycles. The first kappa shape index (κ1) is 13.9. The van der Waals surface area contributed by atoms with Crippen LogP contribution in [0.5, 0.6) is 0 Å². The van der Waals surface area contributed by atoms with Gasteiger partial charge >= 0.3 is 5.97 Å². The number of amides is 1. The zero-order valence-electron chi connectivity index (χ0n) is 10.3. The standard InChI is InChI=1S/C11H20N2O4/c1-10(2,12)7-8(14)13-11(9(15)16)3-5-17-6-4-11/h3-7,12H2,1-2H3,(H,13,14)(H,15,16). The molecule has 0 aromatic heterocycles. The number of hydrogen-bond acceptors (Lipinski definition) is 4. The van der Waals surface area contributed by atoms with E-state index < -0.39 is 17.0 Å². The van der Waals surface area contributed by atoms with E-state index in [1.54, 1.807) is 13.8 Å². The summed E-state index contributed by atoms with van der Waals surface area (Å²) in [6.45, 7) is 4.14. The molecule has 0 unspecified atom stereocenters. The molecule has 0 radical (unpaired) electrons. The van der Waals surface area contributed by atoms with Crippen LogP contribution in [0.25, 0.3) is 0 Å². The quantitative estimate of drug-likeness (QED) is 0.639. The molecule has 1 aliphatic heterocycles. The zero-order valence-corrected chi connectivity index (χ0v) is 10.3. The van der Waals surface area contributed by atoms with Crippen molar-refractivity contribution in [2.75, 3.05) is 13.2 Å². The summed E-state index contributed by atoms with van der Waals surface area (Å²) in [5.41, 5.74) is 3.89. The topological polar surface area (TPSA) is 102 Å². The SMILES string of the molecule is CC(C)(N)CC(=O)NC1(C(=O)O)CCOCC1. The second-order valence-electron chi connectivity index (χ2n) is 5.21. The highest BCUT2D eigenvalue weighted by molar-refractivity contribution is 5.87. The van der Waals surface area contributed by atoms with Gasteiger partial charge in [0.1, 0.15) is 5.54 Å². The average Bonchev–Trinajstić information content (AvgIpc) is 2.15. The lowest BCUT2D eigenvalue weighted by molar-refractivity contribution is -0.152. The minimum atomic E-state index is -1.19. The van der Waals surface area contributed by atoms with Gasteiger partial charge in [0.05, 0.1) is 0 Å². The van der Waals surface area contributed by atoms with Crippen molar-refractivity contribution >= 4 is 11.9 Å². The van der Waals surface area contributed by atoms with Crippen LogP contribution in [0, 0.1) is 0 Å². The van der Waals surface area contributed by atoms with Gasteiger partial charge in [0.15, 0.2) is 0 Å². The fourth-order valence-corrected chi connectivity index (χ4v) is 1.84. The van der Waals surface area contributed by atoms with Gasteiger partial charge in [0.2, 0.25) is 5.91 Å². The Labute approximate surface area is 101 Å². The van der Waals surface area contributed by atoms with Crippen molar-refractivity contribution in [1.29, 1.82) is 0 Å². The first-order chi connectivity index (χ1) is 7.75. The molecule has 0 atom stereocenters. The summed E-state index contributed by atoms with van der Waals surface area (Å²) >= 11 is 0. The summed E-state index contributed by atoms with van der Waals surface area (Å²) in [6, 6.07) is 0. The maximum Gasteiger partial charge on any atom is 0.329 e. The minimum Gasteiger partial charge on any atom is -0.480 e. The molecule has 0 saturated carbocycles. The van der Waals surface area contributed by atoms with E-state index in [-0.39, 0.29) is 12.3 Å². The molecule has 0 aromatic rings. The Morgan fingerprint density at radius 3 is 2.35 bits per heavy atom. The molecule has 1 saturated heterocycles. The molecule has 0 aromatic carbocycles. The summed E-state index contributed by atoms with van der Waals surface area (Å²) < 4.78 is 5.12. The normalized spacial score (nSPS) is 19.7. The predicted octanol–water partition coefficient (Wildman–Crippen LogP) is -0.136. The number of hydrogen-bond donors (Lipinski definition) is 3. The van der Waals surface area contributed by atoms with Crippen LogP contribution in [0.15, 0.2) is 0 Å². The fraction of sp³-hybridized carbons (Fsp3) is 0.818. The highest BCUT2D eigenvalue weighted by Gasteiger charge is 2.41. The van der Waals surface area contributed by atoms with Gasteiger partial charge in [-0.3, -0.25) is 4.79 Å². The first-order valence-electron chi connectivity index (χ1n) is 5.66. The van der Waals surface area contributed by atoms with Crippen molar-refractivity contribution < 1.29 is 19.4 Å². The van der Waals surface area contributed by atoms with Crippen molar-refractivity contribution in [3.63, 3.8) is 0 Å². The van der Waals surface area contributed by atoms with Crippen molar-refractivity contribution in [1.82, 2.24) is 5.32 Å². The van der Waals surface area contributed by atoms with E-state index in [0.717, 1.165) is 0 Å². The van der Waals surface area contributed by atoms with Crippen LogP contribution in [0.1, 0.15) is 33.1 Å². The molecule has 4 N–H and O–H groups in total. The van der Waals surface area contributed by atoms with Crippen LogP contribution in [-0.4, -0.2) is 41.3 Å². The van der Waals surface area contributed by atoms with Gasteiger partial charge in [-0.05, 0) is 13.8 Å². The van der Waals surface area contributed by atoms with E-state index in [1.807, 2.05) is 0 Å². The van der Waals surface area contributed by atoms with E-state index in [2.05, 4.69) is 5.32 Å². The van der Waals surface area contributed by atoms with Crippen molar-refractivity contribution in [2.45, 2.75) is 44.2 Å². The molecule has 1 rings (SSSR count). The van der Waals surface area contributed by atoms with E-state index in [1.165, 1.54) is 0 Å². The number of ether oxygens (including phenoxy) is 1. The van der Waals surface area contributed by atoms with E-state index in [4.69, 9.17) is 10.5 Å². The zero-order chi connectivity index (χ0) is 13.1. The number of nitrogens with two attached hydrogens (primary N) is 1. The van der Waals surface area contributed by atoms with Gasteiger partial charge in [-0.1, -0.05) is 0 Å². The van der Waals surface area contributed by atoms with Crippen LogP contribution in [0.2, 0.25) is 0 Å². The molecule has 0 bridgehead atoms. The number of carbonyl (C=O) groups is 2. The van der Waals surface area contributed by atoms with E-state index in [0.29, 0.717) is 26.1 Å². The van der Waals surface area contributed by atoms with Crippen molar-refractivity contribution in [2.24, 2.45) is 5.73 Å². The lowest BCUT2D eigenvalue weighted by atomic mass is 9.89. The molecule has 6 nitrogen and oxygen atoms in total. The van der Waals surface area contributed by atoms with Gasteiger partial charge in [-0.2, -0.15) is 0 Å². The number of carboxylic acids is 1. The smallest absolute Gasteiger partial charge is 0.329 e. The molecule has 6 heteroatoms. The Kier molecular flexibility index (Phi) is 4.11. The summed E-state index contributed by atoms with van der Waals surface area (Å²) in [5, 5.41) is 11.8. The maximum atomic E-state index is 11.7. The monoisotopic (exact) mass is 244 g/mol. The Morgan fingerprint density at radius 1 is 1.41 bits per heavy atom. The highest BCUT2D eigenvalue weighted by atomic mass is 16.5. The number of carbonyl (C=O) groups excluding carboxylic acids is 1. The van der Waals surface area contributed by atoms with E-state index in [9.17, 15) is 14.7 Å². The molecule has 0 spiro atoms. The van der Waals surface area contributed by atoms with Gasteiger partial charge in [0.25, 0.3) is 0 Å². The lowest BCUT2D eigenvalue weighted by Gasteiger charge is -2.34. The molecular weight excluding hydrogens is 224 g/mol. The fourth-order valence-electron chi connectivity index (χ4n) is 1.84. The van der Waals surface area contributed by atoms with Gasteiger partial charge in [-0.25, -0.2) is 4.79 Å².